The van der Waals surface area contributed by atoms with E-state index in [0.717, 1.165) is 5.56 Å². The number of hydrogen-bond acceptors (Lipinski definition) is 3. The monoisotopic (exact) mass is 204 g/mol. The fourth-order valence-corrected chi connectivity index (χ4v) is 2.21. The summed E-state index contributed by atoms with van der Waals surface area (Å²) in [6, 6.07) is 8.30. The summed E-state index contributed by atoms with van der Waals surface area (Å²) in [7, 11) is 0. The molecule has 2 aromatic rings. The highest BCUT2D eigenvalue weighted by Crippen LogP contribution is 2.29. The summed E-state index contributed by atoms with van der Waals surface area (Å²) in [4.78, 5) is 6.53. The van der Waals surface area contributed by atoms with Crippen LogP contribution in [0, 0.1) is 0 Å². The minimum atomic E-state index is 0.116. The van der Waals surface area contributed by atoms with Gasteiger partial charge in [0.2, 0.25) is 0 Å². The van der Waals surface area contributed by atoms with Crippen molar-refractivity contribution in [2.75, 3.05) is 0 Å². The number of nitrogens with zero attached hydrogens (tertiary/aromatic N) is 1. The second-order valence-electron chi connectivity index (χ2n) is 3.23. The molecule has 0 aliphatic rings. The molecule has 2 N–H and O–H groups in total. The van der Waals surface area contributed by atoms with E-state index in [1.807, 2.05) is 19.2 Å². The Morgan fingerprint density at radius 3 is 2.79 bits per heavy atom. The first-order valence-electron chi connectivity index (χ1n) is 4.53. The van der Waals surface area contributed by atoms with Crippen LogP contribution in [0.3, 0.4) is 0 Å². The standard InChI is InChI=1S/C11H12N2S/c1-8(12)10-4-5-11(14-10)9-3-2-6-13-7-9/h2-8H,12H2,1H3/t8-/m0/s1. The molecule has 0 radical (unpaired) electrons. The van der Waals surface area contributed by atoms with Crippen molar-refractivity contribution < 1.29 is 0 Å². The van der Waals surface area contributed by atoms with Crippen LogP contribution in [0.1, 0.15) is 17.8 Å². The van der Waals surface area contributed by atoms with Crippen molar-refractivity contribution in [2.24, 2.45) is 5.73 Å². The number of rotatable bonds is 2. The Kier molecular flexibility index (Phi) is 2.61. The van der Waals surface area contributed by atoms with Crippen LogP contribution in [-0.4, -0.2) is 4.98 Å². The van der Waals surface area contributed by atoms with Crippen molar-refractivity contribution in [1.29, 1.82) is 0 Å². The van der Waals surface area contributed by atoms with Gasteiger partial charge < -0.3 is 5.73 Å². The van der Waals surface area contributed by atoms with Crippen LogP contribution in [-0.2, 0) is 0 Å². The highest BCUT2D eigenvalue weighted by atomic mass is 32.1. The zero-order valence-electron chi connectivity index (χ0n) is 7.97. The van der Waals surface area contributed by atoms with Gasteiger partial charge in [-0.25, -0.2) is 0 Å². The van der Waals surface area contributed by atoms with E-state index >= 15 is 0 Å². The molecule has 0 spiro atoms. The molecule has 2 nitrogen and oxygen atoms in total. The van der Waals surface area contributed by atoms with Crippen LogP contribution in [0.25, 0.3) is 10.4 Å². The fraction of sp³-hybridized carbons (Fsp3) is 0.182. The Morgan fingerprint density at radius 1 is 1.36 bits per heavy atom. The SMILES string of the molecule is C[C@H](N)c1ccc(-c2cccnc2)s1. The van der Waals surface area contributed by atoms with Gasteiger partial charge in [-0.3, -0.25) is 4.98 Å². The molecule has 72 valence electrons. The normalized spacial score (nSPS) is 12.7. The Labute approximate surface area is 87.4 Å². The zero-order chi connectivity index (χ0) is 9.97. The van der Waals surface area contributed by atoms with Crippen LogP contribution < -0.4 is 5.73 Å². The van der Waals surface area contributed by atoms with Gasteiger partial charge >= 0.3 is 0 Å². The summed E-state index contributed by atoms with van der Waals surface area (Å²) < 4.78 is 0. The third-order valence-electron chi connectivity index (χ3n) is 2.02. The quantitative estimate of drug-likeness (QED) is 0.817. The summed E-state index contributed by atoms with van der Waals surface area (Å²) in [6.07, 6.45) is 3.65. The van der Waals surface area contributed by atoms with Crippen LogP contribution in [0.15, 0.2) is 36.7 Å². The molecule has 0 aliphatic carbocycles. The fourth-order valence-electron chi connectivity index (χ4n) is 1.26. The molecule has 0 aliphatic heterocycles. The number of thiophene rings is 1. The smallest absolute Gasteiger partial charge is 0.0361 e. The second-order valence-corrected chi connectivity index (χ2v) is 4.35. The average Bonchev–Trinajstić information content (AvgIpc) is 2.68. The van der Waals surface area contributed by atoms with Crippen LogP contribution >= 0.6 is 11.3 Å². The van der Waals surface area contributed by atoms with E-state index in [9.17, 15) is 0 Å². The van der Waals surface area contributed by atoms with E-state index in [1.165, 1.54) is 9.75 Å². The van der Waals surface area contributed by atoms with Crippen molar-refractivity contribution >= 4 is 11.3 Å². The third kappa shape index (κ3) is 1.84. The molecule has 14 heavy (non-hydrogen) atoms. The number of aromatic nitrogens is 1. The van der Waals surface area contributed by atoms with Gasteiger partial charge in [0, 0.05) is 33.8 Å². The molecule has 0 aromatic carbocycles. The van der Waals surface area contributed by atoms with E-state index in [2.05, 4.69) is 23.2 Å². The first kappa shape index (κ1) is 9.37. The van der Waals surface area contributed by atoms with Gasteiger partial charge in [0.1, 0.15) is 0 Å². The Hall–Kier alpha value is -1.19. The van der Waals surface area contributed by atoms with Gasteiger partial charge in [0.25, 0.3) is 0 Å². The molecule has 2 heterocycles. The lowest BCUT2D eigenvalue weighted by Crippen LogP contribution is -2.01. The van der Waals surface area contributed by atoms with Crippen molar-refractivity contribution in [1.82, 2.24) is 4.98 Å². The minimum Gasteiger partial charge on any atom is -0.324 e. The Morgan fingerprint density at radius 2 is 2.21 bits per heavy atom. The van der Waals surface area contributed by atoms with E-state index in [4.69, 9.17) is 5.73 Å². The van der Waals surface area contributed by atoms with Crippen LogP contribution in [0.5, 0.6) is 0 Å². The largest absolute Gasteiger partial charge is 0.324 e. The number of hydrogen-bond donors (Lipinski definition) is 1. The van der Waals surface area contributed by atoms with E-state index in [1.54, 1.807) is 17.5 Å². The molecule has 0 fully saturated rings. The van der Waals surface area contributed by atoms with E-state index < -0.39 is 0 Å². The topological polar surface area (TPSA) is 38.9 Å². The average molecular weight is 204 g/mol. The molecule has 0 bridgehead atoms. The summed E-state index contributed by atoms with van der Waals surface area (Å²) in [5.74, 6) is 0. The van der Waals surface area contributed by atoms with Crippen molar-refractivity contribution in [2.45, 2.75) is 13.0 Å². The molecular weight excluding hydrogens is 192 g/mol. The van der Waals surface area contributed by atoms with Gasteiger partial charge in [0.05, 0.1) is 0 Å². The zero-order valence-corrected chi connectivity index (χ0v) is 8.79. The minimum absolute atomic E-state index is 0.116. The maximum Gasteiger partial charge on any atom is 0.0361 e. The maximum absolute atomic E-state index is 5.80. The van der Waals surface area contributed by atoms with Crippen molar-refractivity contribution in [3.05, 3.63) is 41.5 Å². The lowest BCUT2D eigenvalue weighted by Gasteiger charge is -1.98. The molecule has 0 unspecified atom stereocenters. The highest BCUT2D eigenvalue weighted by molar-refractivity contribution is 7.15. The van der Waals surface area contributed by atoms with Crippen LogP contribution in [0.2, 0.25) is 0 Å². The number of pyridine rings is 1. The molecule has 1 atom stereocenters. The van der Waals surface area contributed by atoms with Crippen molar-refractivity contribution in [3.8, 4) is 10.4 Å². The lowest BCUT2D eigenvalue weighted by atomic mass is 10.2. The van der Waals surface area contributed by atoms with Gasteiger partial charge in [-0.05, 0) is 25.1 Å². The molecule has 0 saturated carbocycles. The molecule has 0 saturated heterocycles. The van der Waals surface area contributed by atoms with Gasteiger partial charge in [-0.1, -0.05) is 6.07 Å². The highest BCUT2D eigenvalue weighted by Gasteiger charge is 2.05. The number of nitrogens with two attached hydrogens (primary N) is 1. The molecule has 0 amide bonds. The van der Waals surface area contributed by atoms with Crippen LogP contribution in [0.4, 0.5) is 0 Å². The van der Waals surface area contributed by atoms with Crippen molar-refractivity contribution in [3.63, 3.8) is 0 Å². The van der Waals surface area contributed by atoms with Gasteiger partial charge in [0.15, 0.2) is 0 Å². The summed E-state index contributed by atoms with van der Waals surface area (Å²) >= 11 is 1.73. The van der Waals surface area contributed by atoms with Gasteiger partial charge in [-0.2, -0.15) is 0 Å². The molecular formula is C11H12N2S. The third-order valence-corrected chi connectivity index (χ3v) is 3.36. The summed E-state index contributed by atoms with van der Waals surface area (Å²) in [5, 5.41) is 0. The maximum atomic E-state index is 5.80. The second kappa shape index (κ2) is 3.90. The summed E-state index contributed by atoms with van der Waals surface area (Å²) in [6.45, 7) is 2.00. The Balaban J connectivity index is 2.34. The molecule has 2 rings (SSSR count). The molecule has 3 heteroatoms. The predicted molar refractivity (Wildman–Crippen MR) is 60.2 cm³/mol. The first-order valence-corrected chi connectivity index (χ1v) is 5.35. The van der Waals surface area contributed by atoms with E-state index in [0.29, 0.717) is 0 Å². The first-order chi connectivity index (χ1) is 6.77. The predicted octanol–water partition coefficient (Wildman–Crippen LogP) is 2.83. The lowest BCUT2D eigenvalue weighted by molar-refractivity contribution is 0.838. The van der Waals surface area contributed by atoms with E-state index in [-0.39, 0.29) is 6.04 Å². The van der Waals surface area contributed by atoms with Gasteiger partial charge in [-0.15, -0.1) is 11.3 Å². The Bertz CT molecular complexity index is 406. The summed E-state index contributed by atoms with van der Waals surface area (Å²) in [5.41, 5.74) is 6.96. The molecule has 2 aromatic heterocycles.